The summed E-state index contributed by atoms with van der Waals surface area (Å²) in [6.07, 6.45) is 9.70. The van der Waals surface area contributed by atoms with Crippen LogP contribution in [-0.4, -0.2) is 7.11 Å². The summed E-state index contributed by atoms with van der Waals surface area (Å²) in [6.45, 7) is 2.11. The van der Waals surface area contributed by atoms with E-state index in [1.165, 1.54) is 44.4 Å². The molecule has 1 nitrogen and oxygen atoms in total. The largest absolute Gasteiger partial charge is 0.494 e. The molecule has 27 heavy (non-hydrogen) atoms. The van der Waals surface area contributed by atoms with E-state index in [1.807, 2.05) is 12.1 Å². The monoisotopic (exact) mass is 368 g/mol. The Morgan fingerprint density at radius 2 is 1.63 bits per heavy atom. The van der Waals surface area contributed by atoms with E-state index in [0.717, 1.165) is 17.8 Å². The number of ether oxygens (including phenoxy) is 1. The second-order valence-electron chi connectivity index (χ2n) is 7.84. The van der Waals surface area contributed by atoms with E-state index in [2.05, 4.69) is 31.2 Å². The van der Waals surface area contributed by atoms with Crippen molar-refractivity contribution < 1.29 is 13.5 Å². The van der Waals surface area contributed by atoms with Gasteiger partial charge in [-0.2, -0.15) is 4.39 Å². The van der Waals surface area contributed by atoms with Gasteiger partial charge in [0.15, 0.2) is 11.6 Å². The van der Waals surface area contributed by atoms with Crippen LogP contribution < -0.4 is 4.74 Å². The Morgan fingerprint density at radius 3 is 2.33 bits per heavy atom. The molecular formula is C24H26F2O. The second-order valence-corrected chi connectivity index (χ2v) is 7.84. The topological polar surface area (TPSA) is 9.23 Å². The Hall–Kier alpha value is -2.16. The molecule has 4 atom stereocenters. The summed E-state index contributed by atoms with van der Waals surface area (Å²) in [6, 6.07) is 11.1. The molecule has 0 saturated heterocycles. The Kier molecular flexibility index (Phi) is 5.03. The van der Waals surface area contributed by atoms with Gasteiger partial charge in [-0.15, -0.1) is 0 Å². The number of hydrogen-bond donors (Lipinski definition) is 0. The lowest BCUT2D eigenvalue weighted by Crippen LogP contribution is -2.11. The quantitative estimate of drug-likeness (QED) is 0.543. The molecule has 2 aliphatic rings. The van der Waals surface area contributed by atoms with Gasteiger partial charge in [-0.05, 0) is 79.5 Å². The summed E-state index contributed by atoms with van der Waals surface area (Å²) in [5.74, 6) is 1.04. The molecule has 0 aliphatic heterocycles. The highest BCUT2D eigenvalue weighted by atomic mass is 19.2. The minimum absolute atomic E-state index is 0.0678. The molecule has 0 amide bonds. The molecule has 0 radical (unpaired) electrons. The van der Waals surface area contributed by atoms with E-state index in [1.54, 1.807) is 6.07 Å². The third-order valence-electron chi connectivity index (χ3n) is 6.62. The van der Waals surface area contributed by atoms with E-state index in [9.17, 15) is 8.78 Å². The molecule has 2 aliphatic carbocycles. The molecule has 4 unspecified atom stereocenters. The summed E-state index contributed by atoms with van der Waals surface area (Å²) in [5.41, 5.74) is 2.31. The van der Waals surface area contributed by atoms with Crippen molar-refractivity contribution in [2.45, 2.75) is 38.5 Å². The summed E-state index contributed by atoms with van der Waals surface area (Å²) in [7, 11) is 1.34. The molecule has 0 spiro atoms. The Balaban J connectivity index is 1.56. The van der Waals surface area contributed by atoms with Crippen LogP contribution in [0.2, 0.25) is 0 Å². The predicted molar refractivity (Wildman–Crippen MR) is 105 cm³/mol. The van der Waals surface area contributed by atoms with Crippen molar-refractivity contribution in [2.75, 3.05) is 7.11 Å². The zero-order chi connectivity index (χ0) is 19.0. The third kappa shape index (κ3) is 3.18. The van der Waals surface area contributed by atoms with Crippen LogP contribution in [0, 0.1) is 29.4 Å². The normalized spacial score (nSPS) is 27.3. The number of hydrogen-bond acceptors (Lipinski definition) is 1. The second kappa shape index (κ2) is 7.46. The van der Waals surface area contributed by atoms with Gasteiger partial charge in [-0.25, -0.2) is 4.39 Å². The lowest BCUT2D eigenvalue weighted by molar-refractivity contribution is 0.372. The van der Waals surface area contributed by atoms with Crippen molar-refractivity contribution in [1.82, 2.24) is 0 Å². The SMILES string of the molecule is CC=CC1CCC2C(c3ccc(-c4ccc(OC)c(F)c4F)cc3)CCC12. The van der Waals surface area contributed by atoms with E-state index in [-0.39, 0.29) is 11.3 Å². The first-order valence-corrected chi connectivity index (χ1v) is 9.89. The third-order valence-corrected chi connectivity index (χ3v) is 6.62. The molecular weight excluding hydrogens is 342 g/mol. The number of rotatable bonds is 4. The first kappa shape index (κ1) is 18.2. The molecule has 0 aromatic heterocycles. The maximum absolute atomic E-state index is 14.4. The van der Waals surface area contributed by atoms with E-state index in [4.69, 9.17) is 4.74 Å². The lowest BCUT2D eigenvalue weighted by atomic mass is 9.84. The van der Waals surface area contributed by atoms with Crippen LogP contribution in [0.3, 0.4) is 0 Å². The van der Waals surface area contributed by atoms with Crippen molar-refractivity contribution in [3.8, 4) is 16.9 Å². The van der Waals surface area contributed by atoms with Gasteiger partial charge in [0.25, 0.3) is 0 Å². The zero-order valence-corrected chi connectivity index (χ0v) is 15.9. The number of allylic oxidation sites excluding steroid dienone is 2. The van der Waals surface area contributed by atoms with Crippen molar-refractivity contribution >= 4 is 0 Å². The van der Waals surface area contributed by atoms with Crippen molar-refractivity contribution in [1.29, 1.82) is 0 Å². The minimum atomic E-state index is -0.932. The zero-order valence-electron chi connectivity index (χ0n) is 15.9. The Labute approximate surface area is 160 Å². The maximum Gasteiger partial charge on any atom is 0.201 e. The molecule has 2 aromatic carbocycles. The highest BCUT2D eigenvalue weighted by Gasteiger charge is 2.44. The average Bonchev–Trinajstić information content (AvgIpc) is 3.28. The fourth-order valence-corrected chi connectivity index (χ4v) is 5.37. The van der Waals surface area contributed by atoms with Gasteiger partial charge in [0, 0.05) is 5.56 Å². The highest BCUT2D eigenvalue weighted by molar-refractivity contribution is 5.65. The smallest absolute Gasteiger partial charge is 0.201 e. The first-order chi connectivity index (χ1) is 13.1. The average molecular weight is 368 g/mol. The molecule has 4 rings (SSSR count). The minimum Gasteiger partial charge on any atom is -0.494 e. The van der Waals surface area contributed by atoms with Crippen molar-refractivity contribution in [3.63, 3.8) is 0 Å². The molecule has 2 fully saturated rings. The van der Waals surface area contributed by atoms with Crippen LogP contribution in [0.1, 0.15) is 44.1 Å². The van der Waals surface area contributed by atoms with Crippen LogP contribution >= 0.6 is 0 Å². The maximum atomic E-state index is 14.4. The molecule has 0 bridgehead atoms. The van der Waals surface area contributed by atoms with E-state index >= 15 is 0 Å². The van der Waals surface area contributed by atoms with Crippen molar-refractivity contribution in [2.24, 2.45) is 17.8 Å². The van der Waals surface area contributed by atoms with Gasteiger partial charge in [-0.3, -0.25) is 0 Å². The van der Waals surface area contributed by atoms with Gasteiger partial charge in [0.1, 0.15) is 0 Å². The molecule has 2 saturated carbocycles. The van der Waals surface area contributed by atoms with Crippen LogP contribution in [0.25, 0.3) is 11.1 Å². The first-order valence-electron chi connectivity index (χ1n) is 9.89. The standard InChI is InChI=1S/C24H26F2O/c1-3-4-15-9-10-21-18(15)11-12-19(21)16-5-7-17(8-6-16)20-13-14-22(27-2)24(26)23(20)25/h3-8,13-15,18-19,21H,9-12H2,1-2H3. The summed E-state index contributed by atoms with van der Waals surface area (Å²) in [4.78, 5) is 0. The number of methoxy groups -OCH3 is 1. The fraction of sp³-hybridized carbons (Fsp3) is 0.417. The number of benzene rings is 2. The molecule has 0 N–H and O–H groups in total. The van der Waals surface area contributed by atoms with E-state index in [0.29, 0.717) is 11.5 Å². The van der Waals surface area contributed by atoms with Gasteiger partial charge in [-0.1, -0.05) is 36.4 Å². The summed E-state index contributed by atoms with van der Waals surface area (Å²) < 4.78 is 33.2. The van der Waals surface area contributed by atoms with Gasteiger partial charge in [0.2, 0.25) is 5.82 Å². The van der Waals surface area contributed by atoms with Crippen LogP contribution in [0.5, 0.6) is 5.75 Å². The van der Waals surface area contributed by atoms with Crippen molar-refractivity contribution in [3.05, 3.63) is 65.7 Å². The molecule has 2 aromatic rings. The number of halogens is 2. The Bertz CT molecular complexity index is 840. The summed E-state index contributed by atoms with van der Waals surface area (Å²) >= 11 is 0. The van der Waals surface area contributed by atoms with Crippen LogP contribution in [-0.2, 0) is 0 Å². The lowest BCUT2D eigenvalue weighted by Gasteiger charge is -2.20. The molecule has 3 heteroatoms. The van der Waals surface area contributed by atoms with Gasteiger partial charge >= 0.3 is 0 Å². The fourth-order valence-electron chi connectivity index (χ4n) is 5.37. The van der Waals surface area contributed by atoms with Crippen LogP contribution in [0.4, 0.5) is 8.78 Å². The highest BCUT2D eigenvalue weighted by Crippen LogP contribution is 2.54. The predicted octanol–water partition coefficient (Wildman–Crippen LogP) is 6.74. The Morgan fingerprint density at radius 1 is 0.889 bits per heavy atom. The molecule has 0 heterocycles. The van der Waals surface area contributed by atoms with Gasteiger partial charge < -0.3 is 4.74 Å². The molecule has 142 valence electrons. The van der Waals surface area contributed by atoms with Gasteiger partial charge in [0.05, 0.1) is 7.11 Å². The number of fused-ring (bicyclic) bond motifs is 1. The van der Waals surface area contributed by atoms with Crippen LogP contribution in [0.15, 0.2) is 48.6 Å². The van der Waals surface area contributed by atoms with E-state index < -0.39 is 11.6 Å². The summed E-state index contributed by atoms with van der Waals surface area (Å²) in [5, 5.41) is 0.